The van der Waals surface area contributed by atoms with Crippen molar-refractivity contribution in [1.29, 1.82) is 0 Å². The fourth-order valence-corrected chi connectivity index (χ4v) is 3.19. The van der Waals surface area contributed by atoms with Crippen LogP contribution in [0.3, 0.4) is 0 Å². The molecule has 0 atom stereocenters. The minimum absolute atomic E-state index is 0.0402. The summed E-state index contributed by atoms with van der Waals surface area (Å²) in [5.41, 5.74) is 0.508. The van der Waals surface area contributed by atoms with Gasteiger partial charge in [-0.05, 0) is 48.5 Å². The lowest BCUT2D eigenvalue weighted by molar-refractivity contribution is -0.114. The van der Waals surface area contributed by atoms with Gasteiger partial charge < -0.3 is 15.1 Å². The second-order valence-electron chi connectivity index (χ2n) is 5.55. The van der Waals surface area contributed by atoms with E-state index in [1.807, 2.05) is 6.07 Å². The Morgan fingerprint density at radius 1 is 1.04 bits per heavy atom. The number of carbonyl (C=O) groups excluding carboxylic acids is 1. The Labute approximate surface area is 155 Å². The number of sulfonamides is 1. The zero-order valence-corrected chi connectivity index (χ0v) is 15.2. The van der Waals surface area contributed by atoms with E-state index in [4.69, 9.17) is 4.42 Å². The molecule has 0 radical (unpaired) electrons. The third-order valence-corrected chi connectivity index (χ3v) is 4.78. The summed E-state index contributed by atoms with van der Waals surface area (Å²) in [6.07, 6.45) is 1.57. The standard InChI is InChI=1S/C17H17N5O4S/c1-12(23)19-13-4-6-15(7-5-13)27(24,25)22-17-9-8-16(20-21-17)18-11-14-3-2-10-26-14/h2-10H,11H2,1H3,(H,18,20)(H,19,23)(H,21,22). The maximum Gasteiger partial charge on any atom is 0.263 e. The number of nitrogens with one attached hydrogen (secondary N) is 3. The van der Waals surface area contributed by atoms with E-state index in [0.29, 0.717) is 18.1 Å². The topological polar surface area (TPSA) is 126 Å². The molecule has 0 fully saturated rings. The molecule has 2 aromatic heterocycles. The van der Waals surface area contributed by atoms with Crippen LogP contribution in [0.5, 0.6) is 0 Å². The van der Waals surface area contributed by atoms with Crippen LogP contribution in [0.4, 0.5) is 17.3 Å². The van der Waals surface area contributed by atoms with Crippen LogP contribution in [0, 0.1) is 0 Å². The molecule has 3 N–H and O–H groups in total. The van der Waals surface area contributed by atoms with Crippen molar-refractivity contribution in [2.24, 2.45) is 0 Å². The van der Waals surface area contributed by atoms with Crippen molar-refractivity contribution in [3.05, 3.63) is 60.6 Å². The lowest BCUT2D eigenvalue weighted by Crippen LogP contribution is -2.15. The fraction of sp³-hybridized carbons (Fsp3) is 0.118. The van der Waals surface area contributed by atoms with Gasteiger partial charge in [-0.3, -0.25) is 9.52 Å². The maximum absolute atomic E-state index is 12.4. The Balaban J connectivity index is 1.63. The highest BCUT2D eigenvalue weighted by Gasteiger charge is 2.15. The molecule has 0 bridgehead atoms. The van der Waals surface area contributed by atoms with Gasteiger partial charge in [0.2, 0.25) is 5.91 Å². The third kappa shape index (κ3) is 5.05. The SMILES string of the molecule is CC(=O)Nc1ccc(S(=O)(=O)Nc2ccc(NCc3ccco3)nn2)cc1. The Hall–Kier alpha value is -3.40. The van der Waals surface area contributed by atoms with Crippen LogP contribution in [0.25, 0.3) is 0 Å². The average Bonchev–Trinajstić information content (AvgIpc) is 3.14. The zero-order chi connectivity index (χ0) is 19.3. The van der Waals surface area contributed by atoms with E-state index in [1.165, 1.54) is 37.3 Å². The highest BCUT2D eigenvalue weighted by molar-refractivity contribution is 7.92. The molecule has 3 rings (SSSR count). The van der Waals surface area contributed by atoms with E-state index < -0.39 is 10.0 Å². The predicted octanol–water partition coefficient (Wildman–Crippen LogP) is 2.44. The first-order valence-corrected chi connectivity index (χ1v) is 9.41. The van der Waals surface area contributed by atoms with Crippen LogP contribution in [0.15, 0.2) is 64.1 Å². The number of rotatable bonds is 7. The zero-order valence-electron chi connectivity index (χ0n) is 14.3. The molecular formula is C17H17N5O4S. The van der Waals surface area contributed by atoms with Crippen LogP contribution in [-0.4, -0.2) is 24.5 Å². The smallest absolute Gasteiger partial charge is 0.263 e. The molecule has 3 aromatic rings. The first-order valence-electron chi connectivity index (χ1n) is 7.93. The minimum Gasteiger partial charge on any atom is -0.467 e. The lowest BCUT2D eigenvalue weighted by atomic mass is 10.3. The van der Waals surface area contributed by atoms with Gasteiger partial charge in [-0.2, -0.15) is 0 Å². The second-order valence-corrected chi connectivity index (χ2v) is 7.23. The molecule has 1 aromatic carbocycles. The number of carbonyl (C=O) groups is 1. The summed E-state index contributed by atoms with van der Waals surface area (Å²) < 4.78 is 32.4. The van der Waals surface area contributed by atoms with E-state index in [0.717, 1.165) is 5.76 Å². The van der Waals surface area contributed by atoms with Crippen molar-refractivity contribution in [2.75, 3.05) is 15.4 Å². The summed E-state index contributed by atoms with van der Waals surface area (Å²) in [5.74, 6) is 1.07. The molecule has 27 heavy (non-hydrogen) atoms. The monoisotopic (exact) mass is 387 g/mol. The van der Waals surface area contributed by atoms with Crippen molar-refractivity contribution in [3.63, 3.8) is 0 Å². The first-order chi connectivity index (χ1) is 12.9. The van der Waals surface area contributed by atoms with Gasteiger partial charge in [-0.15, -0.1) is 10.2 Å². The Kier molecular flexibility index (Phi) is 5.36. The molecule has 0 spiro atoms. The van der Waals surface area contributed by atoms with Crippen molar-refractivity contribution in [2.45, 2.75) is 18.4 Å². The molecule has 1 amide bonds. The van der Waals surface area contributed by atoms with Gasteiger partial charge in [-0.25, -0.2) is 8.42 Å². The Bertz CT molecular complexity index is 1000. The Morgan fingerprint density at radius 3 is 2.33 bits per heavy atom. The lowest BCUT2D eigenvalue weighted by Gasteiger charge is -2.09. The van der Waals surface area contributed by atoms with E-state index in [-0.39, 0.29) is 16.6 Å². The van der Waals surface area contributed by atoms with Gasteiger partial charge in [-0.1, -0.05) is 0 Å². The van der Waals surface area contributed by atoms with Gasteiger partial charge in [0.1, 0.15) is 11.6 Å². The molecular weight excluding hydrogens is 370 g/mol. The van der Waals surface area contributed by atoms with Crippen LogP contribution in [-0.2, 0) is 21.4 Å². The highest BCUT2D eigenvalue weighted by atomic mass is 32.2. The quantitative estimate of drug-likeness (QED) is 0.568. The largest absolute Gasteiger partial charge is 0.467 e. The number of aromatic nitrogens is 2. The average molecular weight is 387 g/mol. The molecule has 0 unspecified atom stereocenters. The second kappa shape index (κ2) is 7.87. The van der Waals surface area contributed by atoms with Crippen LogP contribution < -0.4 is 15.4 Å². The minimum atomic E-state index is -3.82. The molecule has 0 saturated heterocycles. The summed E-state index contributed by atoms with van der Waals surface area (Å²) in [4.78, 5) is 11.0. The number of furan rings is 1. The fourth-order valence-electron chi connectivity index (χ4n) is 2.19. The summed E-state index contributed by atoms with van der Waals surface area (Å²) >= 11 is 0. The van der Waals surface area contributed by atoms with Gasteiger partial charge in [0.15, 0.2) is 5.82 Å². The van der Waals surface area contributed by atoms with Crippen molar-refractivity contribution in [3.8, 4) is 0 Å². The van der Waals surface area contributed by atoms with E-state index in [9.17, 15) is 13.2 Å². The molecule has 0 aliphatic carbocycles. The van der Waals surface area contributed by atoms with Crippen LogP contribution in [0.2, 0.25) is 0 Å². The molecule has 9 nitrogen and oxygen atoms in total. The predicted molar refractivity (Wildman–Crippen MR) is 99.6 cm³/mol. The van der Waals surface area contributed by atoms with Crippen molar-refractivity contribution >= 4 is 33.3 Å². The van der Waals surface area contributed by atoms with Crippen LogP contribution in [0.1, 0.15) is 12.7 Å². The van der Waals surface area contributed by atoms with E-state index in [2.05, 4.69) is 25.6 Å². The number of hydrogen-bond acceptors (Lipinski definition) is 7. The molecule has 0 aliphatic heterocycles. The van der Waals surface area contributed by atoms with Gasteiger partial charge in [0, 0.05) is 12.6 Å². The van der Waals surface area contributed by atoms with E-state index in [1.54, 1.807) is 18.4 Å². The summed E-state index contributed by atoms with van der Waals surface area (Å²) in [7, 11) is -3.82. The van der Waals surface area contributed by atoms with Gasteiger partial charge in [0.05, 0.1) is 17.7 Å². The molecule has 2 heterocycles. The van der Waals surface area contributed by atoms with Crippen molar-refractivity contribution in [1.82, 2.24) is 10.2 Å². The maximum atomic E-state index is 12.4. The molecule has 10 heteroatoms. The summed E-state index contributed by atoms with van der Waals surface area (Å²) in [6, 6.07) is 12.5. The molecule has 140 valence electrons. The normalized spacial score (nSPS) is 11.0. The summed E-state index contributed by atoms with van der Waals surface area (Å²) in [5, 5.41) is 13.4. The van der Waals surface area contributed by atoms with Gasteiger partial charge >= 0.3 is 0 Å². The highest BCUT2D eigenvalue weighted by Crippen LogP contribution is 2.17. The number of amides is 1. The number of hydrogen-bond donors (Lipinski definition) is 3. The molecule has 0 aliphatic rings. The number of anilines is 3. The number of nitrogens with zero attached hydrogens (tertiary/aromatic N) is 2. The van der Waals surface area contributed by atoms with E-state index >= 15 is 0 Å². The summed E-state index contributed by atoms with van der Waals surface area (Å²) in [6.45, 7) is 1.81. The molecule has 0 saturated carbocycles. The third-order valence-electron chi connectivity index (χ3n) is 3.41. The number of benzene rings is 1. The van der Waals surface area contributed by atoms with Gasteiger partial charge in [0.25, 0.3) is 10.0 Å². The van der Waals surface area contributed by atoms with Crippen LogP contribution >= 0.6 is 0 Å². The first kappa shape index (κ1) is 18.4. The van der Waals surface area contributed by atoms with Crippen molar-refractivity contribution < 1.29 is 17.6 Å². The Morgan fingerprint density at radius 2 is 1.74 bits per heavy atom.